The predicted octanol–water partition coefficient (Wildman–Crippen LogP) is 1.83. The highest BCUT2D eigenvalue weighted by molar-refractivity contribution is 5.79. The molecule has 2 aromatic rings. The monoisotopic (exact) mass is 318 g/mol. The Kier molecular flexibility index (Phi) is 6.19. The zero-order valence-electron chi connectivity index (χ0n) is 14.3. The van der Waals surface area contributed by atoms with Crippen molar-refractivity contribution in [1.29, 1.82) is 0 Å². The van der Waals surface area contributed by atoms with Crippen LogP contribution < -0.4 is 10.6 Å². The Bertz CT molecular complexity index is 628. The molecular weight excluding hydrogens is 292 g/mol. The van der Waals surface area contributed by atoms with Gasteiger partial charge >= 0.3 is 0 Å². The van der Waals surface area contributed by atoms with Gasteiger partial charge in [-0.3, -0.25) is 0 Å². The molecule has 0 aliphatic rings. The van der Waals surface area contributed by atoms with E-state index in [0.29, 0.717) is 25.4 Å². The van der Waals surface area contributed by atoms with Crippen LogP contribution in [0.5, 0.6) is 0 Å². The first kappa shape index (κ1) is 17.1. The van der Waals surface area contributed by atoms with Crippen LogP contribution in [0.1, 0.15) is 44.0 Å². The number of aromatic nitrogens is 3. The van der Waals surface area contributed by atoms with Crippen LogP contribution in [0.3, 0.4) is 0 Å². The van der Waals surface area contributed by atoms with E-state index in [-0.39, 0.29) is 5.92 Å². The molecule has 0 amide bonds. The molecule has 0 aliphatic carbocycles. The molecule has 0 unspecified atom stereocenters. The topological polar surface area (TPSA) is 80.3 Å². The first-order valence-corrected chi connectivity index (χ1v) is 8.04. The van der Waals surface area contributed by atoms with Gasteiger partial charge in [0.05, 0.1) is 6.54 Å². The highest BCUT2D eigenvalue weighted by atomic mass is 16.5. The zero-order valence-corrected chi connectivity index (χ0v) is 14.3. The molecule has 0 bridgehead atoms. The Balaban J connectivity index is 1.83. The zero-order chi connectivity index (χ0) is 16.7. The van der Waals surface area contributed by atoms with Gasteiger partial charge in [0.15, 0.2) is 11.8 Å². The highest BCUT2D eigenvalue weighted by Crippen LogP contribution is 2.09. The maximum absolute atomic E-state index is 5.24. The van der Waals surface area contributed by atoms with Crippen molar-refractivity contribution in [2.24, 2.45) is 12.0 Å². The number of rotatable bonds is 7. The van der Waals surface area contributed by atoms with E-state index < -0.39 is 0 Å². The van der Waals surface area contributed by atoms with E-state index in [1.165, 1.54) is 5.56 Å². The number of nitrogens with zero attached hydrogens (tertiary/aromatic N) is 4. The summed E-state index contributed by atoms with van der Waals surface area (Å²) < 4.78 is 7.26. The lowest BCUT2D eigenvalue weighted by Crippen LogP contribution is -2.38. The molecule has 23 heavy (non-hydrogen) atoms. The second-order valence-corrected chi connectivity index (χ2v) is 5.76. The molecule has 0 spiro atoms. The van der Waals surface area contributed by atoms with Gasteiger partial charge in [-0.1, -0.05) is 19.0 Å². The van der Waals surface area contributed by atoms with Crippen molar-refractivity contribution in [2.75, 3.05) is 13.1 Å². The number of guanidine groups is 1. The number of aliphatic imine (C=N–C) groups is 1. The normalized spacial score (nSPS) is 12.0. The third-order valence-electron chi connectivity index (χ3n) is 3.29. The SMILES string of the molecule is CCNC(=NCc1ccn(C)c1)NCCc1nc(C(C)C)no1. The van der Waals surface area contributed by atoms with Gasteiger partial charge in [0.25, 0.3) is 0 Å². The fourth-order valence-corrected chi connectivity index (χ4v) is 2.06. The van der Waals surface area contributed by atoms with Gasteiger partial charge in [-0.25, -0.2) is 4.99 Å². The minimum absolute atomic E-state index is 0.283. The summed E-state index contributed by atoms with van der Waals surface area (Å²) in [4.78, 5) is 8.94. The number of hydrogen-bond donors (Lipinski definition) is 2. The Morgan fingerprint density at radius 3 is 2.83 bits per heavy atom. The summed E-state index contributed by atoms with van der Waals surface area (Å²) in [5.41, 5.74) is 1.18. The van der Waals surface area contributed by atoms with Gasteiger partial charge in [0.1, 0.15) is 0 Å². The van der Waals surface area contributed by atoms with Gasteiger partial charge in [-0.05, 0) is 18.6 Å². The number of hydrogen-bond acceptors (Lipinski definition) is 4. The van der Waals surface area contributed by atoms with Crippen LogP contribution >= 0.6 is 0 Å². The molecule has 0 aliphatic heterocycles. The van der Waals surface area contributed by atoms with Crippen LogP contribution in [0.15, 0.2) is 28.0 Å². The van der Waals surface area contributed by atoms with E-state index in [9.17, 15) is 0 Å². The van der Waals surface area contributed by atoms with Gasteiger partial charge < -0.3 is 19.7 Å². The van der Waals surface area contributed by atoms with Crippen molar-refractivity contribution in [3.05, 3.63) is 35.7 Å². The Morgan fingerprint density at radius 1 is 1.39 bits per heavy atom. The third-order valence-corrected chi connectivity index (χ3v) is 3.29. The van der Waals surface area contributed by atoms with Crippen molar-refractivity contribution in [1.82, 2.24) is 25.3 Å². The molecular formula is C16H26N6O. The van der Waals surface area contributed by atoms with Crippen molar-refractivity contribution in [3.8, 4) is 0 Å². The summed E-state index contributed by atoms with van der Waals surface area (Å²) in [6.07, 6.45) is 4.77. The molecule has 7 nitrogen and oxygen atoms in total. The van der Waals surface area contributed by atoms with E-state index in [2.05, 4.69) is 38.0 Å². The highest BCUT2D eigenvalue weighted by Gasteiger charge is 2.09. The van der Waals surface area contributed by atoms with Gasteiger partial charge in [0, 0.05) is 44.9 Å². The lowest BCUT2D eigenvalue weighted by Gasteiger charge is -2.09. The summed E-state index contributed by atoms with van der Waals surface area (Å²) >= 11 is 0. The first-order valence-electron chi connectivity index (χ1n) is 8.04. The smallest absolute Gasteiger partial charge is 0.228 e. The fraction of sp³-hybridized carbons (Fsp3) is 0.562. The lowest BCUT2D eigenvalue weighted by atomic mass is 10.2. The summed E-state index contributed by atoms with van der Waals surface area (Å²) in [7, 11) is 2.01. The fourth-order valence-electron chi connectivity index (χ4n) is 2.06. The van der Waals surface area contributed by atoms with Crippen LogP contribution in [0.4, 0.5) is 0 Å². The minimum atomic E-state index is 0.283. The van der Waals surface area contributed by atoms with Crippen molar-refractivity contribution in [3.63, 3.8) is 0 Å². The average molecular weight is 318 g/mol. The van der Waals surface area contributed by atoms with Crippen LogP contribution in [-0.2, 0) is 20.0 Å². The quantitative estimate of drug-likeness (QED) is 0.601. The van der Waals surface area contributed by atoms with Crippen LogP contribution in [0.2, 0.25) is 0 Å². The van der Waals surface area contributed by atoms with E-state index in [0.717, 1.165) is 18.3 Å². The van der Waals surface area contributed by atoms with Crippen molar-refractivity contribution >= 4 is 5.96 Å². The summed E-state index contributed by atoms with van der Waals surface area (Å²) in [6, 6.07) is 2.07. The Hall–Kier alpha value is -2.31. The van der Waals surface area contributed by atoms with Crippen molar-refractivity contribution < 1.29 is 4.52 Å². The van der Waals surface area contributed by atoms with Gasteiger partial charge in [-0.2, -0.15) is 4.98 Å². The summed E-state index contributed by atoms with van der Waals surface area (Å²) in [5, 5.41) is 10.5. The average Bonchev–Trinajstić information content (AvgIpc) is 3.14. The number of aryl methyl sites for hydroxylation is 1. The van der Waals surface area contributed by atoms with Gasteiger partial charge in [0.2, 0.25) is 5.89 Å². The van der Waals surface area contributed by atoms with Crippen molar-refractivity contribution in [2.45, 2.75) is 39.7 Å². The molecule has 2 aromatic heterocycles. The summed E-state index contributed by atoms with van der Waals surface area (Å²) in [5.74, 6) is 2.48. The predicted molar refractivity (Wildman–Crippen MR) is 90.3 cm³/mol. The minimum Gasteiger partial charge on any atom is -0.357 e. The molecule has 2 rings (SSSR count). The van der Waals surface area contributed by atoms with Gasteiger partial charge in [-0.15, -0.1) is 0 Å². The molecule has 7 heteroatoms. The molecule has 0 saturated heterocycles. The summed E-state index contributed by atoms with van der Waals surface area (Å²) in [6.45, 7) is 8.30. The van der Waals surface area contributed by atoms with E-state index in [1.54, 1.807) is 0 Å². The van der Waals surface area contributed by atoms with E-state index in [4.69, 9.17) is 4.52 Å². The van der Waals surface area contributed by atoms with Crippen LogP contribution in [0, 0.1) is 0 Å². The molecule has 0 fully saturated rings. The third kappa shape index (κ3) is 5.43. The molecule has 126 valence electrons. The second-order valence-electron chi connectivity index (χ2n) is 5.76. The largest absolute Gasteiger partial charge is 0.357 e. The number of nitrogens with one attached hydrogen (secondary N) is 2. The molecule has 0 radical (unpaired) electrons. The molecule has 0 saturated carbocycles. The Labute approximate surface area is 137 Å². The molecule has 0 aromatic carbocycles. The van der Waals surface area contributed by atoms with E-state index >= 15 is 0 Å². The Morgan fingerprint density at radius 2 is 2.22 bits per heavy atom. The maximum Gasteiger partial charge on any atom is 0.228 e. The van der Waals surface area contributed by atoms with Crippen LogP contribution in [0.25, 0.3) is 0 Å². The first-order chi connectivity index (χ1) is 11.1. The second kappa shape index (κ2) is 8.36. The molecule has 0 atom stereocenters. The lowest BCUT2D eigenvalue weighted by molar-refractivity contribution is 0.371. The van der Waals surface area contributed by atoms with E-state index in [1.807, 2.05) is 38.6 Å². The standard InChI is InChI=1S/C16H26N6O/c1-5-17-16(19-10-13-7-9-22(4)11-13)18-8-6-14-20-15(12(2)3)21-23-14/h7,9,11-12H,5-6,8,10H2,1-4H3,(H2,17,18,19). The maximum atomic E-state index is 5.24. The molecule has 2 N–H and O–H groups in total. The molecule has 2 heterocycles. The van der Waals surface area contributed by atoms with Crippen LogP contribution in [-0.4, -0.2) is 33.8 Å².